The third-order valence-corrected chi connectivity index (χ3v) is 2.36. The summed E-state index contributed by atoms with van der Waals surface area (Å²) in [5.74, 6) is -3.35. The van der Waals surface area contributed by atoms with Crippen molar-refractivity contribution in [2.75, 3.05) is 0 Å². The maximum absolute atomic E-state index is 11.4. The average Bonchev–Trinajstić information content (AvgIpc) is 2.03. The minimum atomic E-state index is -0.814. The molecule has 0 radical (unpaired) electrons. The second kappa shape index (κ2) is 3.55. The van der Waals surface area contributed by atoms with Gasteiger partial charge in [0.25, 0.3) is 0 Å². The number of nitrogens with two attached hydrogens (primary N) is 2. The predicted octanol–water partition coefficient (Wildman–Crippen LogP) is -1.06. The normalized spacial score (nSPS) is 28.5. The zero-order valence-electron chi connectivity index (χ0n) is 7.16. The molecule has 5 nitrogen and oxygen atoms in total. The molecule has 13 heavy (non-hydrogen) atoms. The fourth-order valence-electron chi connectivity index (χ4n) is 1.62. The predicted molar refractivity (Wildman–Crippen MR) is 44.2 cm³/mol. The highest BCUT2D eigenvalue weighted by molar-refractivity contribution is 6.10. The first-order valence-corrected chi connectivity index (χ1v) is 4.16. The summed E-state index contributed by atoms with van der Waals surface area (Å²) in [6.45, 7) is 0. The standard InChI is InChI=1S/C8H12N2O3/c9-7(12)4-2-1-3-5(6(4)11)8(10)13/h4-5H,1-3H2,(H2,9,12)(H2,10,13). The first-order valence-electron chi connectivity index (χ1n) is 4.16. The van der Waals surface area contributed by atoms with Crippen molar-refractivity contribution in [2.45, 2.75) is 19.3 Å². The lowest BCUT2D eigenvalue weighted by Gasteiger charge is -2.23. The molecule has 0 aromatic carbocycles. The maximum Gasteiger partial charge on any atom is 0.228 e. The van der Waals surface area contributed by atoms with Crippen LogP contribution in [-0.4, -0.2) is 17.6 Å². The summed E-state index contributed by atoms with van der Waals surface area (Å²) >= 11 is 0. The summed E-state index contributed by atoms with van der Waals surface area (Å²) in [6.07, 6.45) is 1.53. The van der Waals surface area contributed by atoms with Crippen LogP contribution in [-0.2, 0) is 14.4 Å². The van der Waals surface area contributed by atoms with E-state index in [0.29, 0.717) is 19.3 Å². The summed E-state index contributed by atoms with van der Waals surface area (Å²) in [7, 11) is 0. The minimum absolute atomic E-state index is 0.411. The number of carbonyl (C=O) groups is 3. The molecule has 4 N–H and O–H groups in total. The van der Waals surface area contributed by atoms with Crippen LogP contribution < -0.4 is 11.5 Å². The quantitative estimate of drug-likeness (QED) is 0.534. The van der Waals surface area contributed by atoms with Crippen LogP contribution >= 0.6 is 0 Å². The molecule has 0 aliphatic heterocycles. The third-order valence-electron chi connectivity index (χ3n) is 2.36. The molecule has 1 saturated carbocycles. The summed E-state index contributed by atoms with van der Waals surface area (Å²) in [5, 5.41) is 0. The molecule has 1 fully saturated rings. The molecule has 5 heteroatoms. The van der Waals surface area contributed by atoms with Crippen molar-refractivity contribution < 1.29 is 14.4 Å². The van der Waals surface area contributed by atoms with E-state index in [2.05, 4.69) is 0 Å². The van der Waals surface area contributed by atoms with Crippen molar-refractivity contribution in [1.82, 2.24) is 0 Å². The van der Waals surface area contributed by atoms with Crippen LogP contribution in [0.1, 0.15) is 19.3 Å². The summed E-state index contributed by atoms with van der Waals surface area (Å²) in [6, 6.07) is 0. The van der Waals surface area contributed by atoms with Crippen molar-refractivity contribution >= 4 is 17.6 Å². The van der Waals surface area contributed by atoms with E-state index in [1.165, 1.54) is 0 Å². The van der Waals surface area contributed by atoms with Crippen LogP contribution in [0.3, 0.4) is 0 Å². The molecule has 0 heterocycles. The number of primary amides is 2. The zero-order chi connectivity index (χ0) is 10.0. The monoisotopic (exact) mass is 184 g/mol. The Hall–Kier alpha value is -1.39. The molecule has 2 unspecified atom stereocenters. The van der Waals surface area contributed by atoms with Gasteiger partial charge in [-0.15, -0.1) is 0 Å². The van der Waals surface area contributed by atoms with Crippen LogP contribution in [0.5, 0.6) is 0 Å². The van der Waals surface area contributed by atoms with E-state index < -0.39 is 29.4 Å². The van der Waals surface area contributed by atoms with E-state index in [1.54, 1.807) is 0 Å². The molecular weight excluding hydrogens is 172 g/mol. The Morgan fingerprint density at radius 3 is 1.77 bits per heavy atom. The number of amides is 2. The van der Waals surface area contributed by atoms with E-state index in [-0.39, 0.29) is 0 Å². The summed E-state index contributed by atoms with van der Waals surface area (Å²) < 4.78 is 0. The van der Waals surface area contributed by atoms with Gasteiger partial charge in [0, 0.05) is 0 Å². The van der Waals surface area contributed by atoms with E-state index >= 15 is 0 Å². The van der Waals surface area contributed by atoms with Crippen LogP contribution in [0, 0.1) is 11.8 Å². The Labute approximate surface area is 75.5 Å². The SMILES string of the molecule is NC(=O)C1CCCC(C(N)=O)C1=O. The lowest BCUT2D eigenvalue weighted by Crippen LogP contribution is -2.42. The van der Waals surface area contributed by atoms with E-state index in [9.17, 15) is 14.4 Å². The molecule has 0 saturated heterocycles. The second-order valence-corrected chi connectivity index (χ2v) is 3.24. The topological polar surface area (TPSA) is 103 Å². The van der Waals surface area contributed by atoms with Crippen LogP contribution in [0.15, 0.2) is 0 Å². The highest BCUT2D eigenvalue weighted by Crippen LogP contribution is 2.25. The number of rotatable bonds is 2. The van der Waals surface area contributed by atoms with E-state index in [4.69, 9.17) is 11.5 Å². The molecule has 1 aliphatic carbocycles. The molecule has 2 atom stereocenters. The Balaban J connectivity index is 2.77. The van der Waals surface area contributed by atoms with Gasteiger partial charge in [0.15, 0.2) is 5.78 Å². The average molecular weight is 184 g/mol. The summed E-state index contributed by atoms with van der Waals surface area (Å²) in [4.78, 5) is 33.0. The summed E-state index contributed by atoms with van der Waals surface area (Å²) in [5.41, 5.74) is 10.0. The highest BCUT2D eigenvalue weighted by Gasteiger charge is 2.37. The minimum Gasteiger partial charge on any atom is -0.369 e. The molecule has 0 aromatic heterocycles. The molecule has 2 amide bonds. The van der Waals surface area contributed by atoms with E-state index in [1.807, 2.05) is 0 Å². The number of hydrogen-bond acceptors (Lipinski definition) is 3. The number of ketones is 1. The Morgan fingerprint density at radius 2 is 1.46 bits per heavy atom. The number of carbonyl (C=O) groups excluding carboxylic acids is 3. The number of hydrogen-bond donors (Lipinski definition) is 2. The lowest BCUT2D eigenvalue weighted by atomic mass is 9.79. The molecule has 0 bridgehead atoms. The Kier molecular flexibility index (Phi) is 2.65. The largest absolute Gasteiger partial charge is 0.369 e. The van der Waals surface area contributed by atoms with Gasteiger partial charge in [-0.25, -0.2) is 0 Å². The molecule has 0 aromatic rings. The van der Waals surface area contributed by atoms with Crippen molar-refractivity contribution in [3.8, 4) is 0 Å². The Morgan fingerprint density at radius 1 is 1.08 bits per heavy atom. The van der Waals surface area contributed by atoms with Gasteiger partial charge >= 0.3 is 0 Å². The van der Waals surface area contributed by atoms with Gasteiger partial charge in [-0.05, 0) is 12.8 Å². The van der Waals surface area contributed by atoms with Crippen molar-refractivity contribution in [3.63, 3.8) is 0 Å². The van der Waals surface area contributed by atoms with Gasteiger partial charge in [-0.3, -0.25) is 14.4 Å². The van der Waals surface area contributed by atoms with Gasteiger partial charge in [0.1, 0.15) is 0 Å². The van der Waals surface area contributed by atoms with Crippen LogP contribution in [0.2, 0.25) is 0 Å². The first-order chi connectivity index (χ1) is 6.04. The van der Waals surface area contributed by atoms with Crippen molar-refractivity contribution in [3.05, 3.63) is 0 Å². The van der Waals surface area contributed by atoms with Gasteiger partial charge in [-0.1, -0.05) is 6.42 Å². The van der Waals surface area contributed by atoms with Crippen molar-refractivity contribution in [2.24, 2.45) is 23.3 Å². The van der Waals surface area contributed by atoms with Gasteiger partial charge in [0.05, 0.1) is 11.8 Å². The molecule has 0 spiro atoms. The number of Topliss-reactive ketones (excluding diaryl/α,β-unsaturated/α-hetero) is 1. The maximum atomic E-state index is 11.4. The van der Waals surface area contributed by atoms with Gasteiger partial charge < -0.3 is 11.5 Å². The van der Waals surface area contributed by atoms with Crippen LogP contribution in [0.4, 0.5) is 0 Å². The molecule has 72 valence electrons. The fourth-order valence-corrected chi connectivity index (χ4v) is 1.62. The van der Waals surface area contributed by atoms with Crippen LogP contribution in [0.25, 0.3) is 0 Å². The molecular formula is C8H12N2O3. The second-order valence-electron chi connectivity index (χ2n) is 3.24. The lowest BCUT2D eigenvalue weighted by molar-refractivity contribution is -0.140. The third kappa shape index (κ3) is 1.85. The van der Waals surface area contributed by atoms with Crippen molar-refractivity contribution in [1.29, 1.82) is 0 Å². The fraction of sp³-hybridized carbons (Fsp3) is 0.625. The Bertz CT molecular complexity index is 238. The van der Waals surface area contributed by atoms with E-state index in [0.717, 1.165) is 0 Å². The smallest absolute Gasteiger partial charge is 0.228 e. The van der Waals surface area contributed by atoms with Gasteiger partial charge in [-0.2, -0.15) is 0 Å². The molecule has 1 rings (SSSR count). The van der Waals surface area contributed by atoms with Gasteiger partial charge in [0.2, 0.25) is 11.8 Å². The first kappa shape index (κ1) is 9.70. The highest BCUT2D eigenvalue weighted by atomic mass is 16.2. The zero-order valence-corrected chi connectivity index (χ0v) is 7.16. The molecule has 1 aliphatic rings.